The second-order valence-corrected chi connectivity index (χ2v) is 7.63. The van der Waals surface area contributed by atoms with Crippen LogP contribution in [0.3, 0.4) is 0 Å². The summed E-state index contributed by atoms with van der Waals surface area (Å²) >= 11 is 0. The summed E-state index contributed by atoms with van der Waals surface area (Å²) in [7, 11) is 2.24. The Morgan fingerprint density at radius 2 is 1.86 bits per heavy atom. The van der Waals surface area contributed by atoms with Gasteiger partial charge in [0, 0.05) is 24.7 Å². The number of nitrogens with zero attached hydrogens (tertiary/aromatic N) is 2. The van der Waals surface area contributed by atoms with Crippen LogP contribution in [0.25, 0.3) is 0 Å². The van der Waals surface area contributed by atoms with Crippen LogP contribution in [0.1, 0.15) is 53.4 Å². The first-order valence-corrected chi connectivity index (χ1v) is 8.61. The Kier molecular flexibility index (Phi) is 5.31. The summed E-state index contributed by atoms with van der Waals surface area (Å²) in [5, 5.41) is 0. The van der Waals surface area contributed by atoms with Crippen LogP contribution in [0, 0.1) is 11.8 Å². The number of hydrogen-bond donors (Lipinski definition) is 1. The van der Waals surface area contributed by atoms with Gasteiger partial charge >= 0.3 is 0 Å². The molecule has 4 heteroatoms. The van der Waals surface area contributed by atoms with Gasteiger partial charge < -0.3 is 15.5 Å². The van der Waals surface area contributed by atoms with E-state index in [2.05, 4.69) is 44.5 Å². The summed E-state index contributed by atoms with van der Waals surface area (Å²) in [6.07, 6.45) is 4.36. The van der Waals surface area contributed by atoms with E-state index in [9.17, 15) is 4.79 Å². The molecule has 2 rings (SSSR count). The molecule has 1 saturated carbocycles. The van der Waals surface area contributed by atoms with Crippen LogP contribution in [0.5, 0.6) is 0 Å². The number of amides is 1. The Morgan fingerprint density at radius 1 is 1.19 bits per heavy atom. The summed E-state index contributed by atoms with van der Waals surface area (Å²) in [6, 6.07) is 1.39. The summed E-state index contributed by atoms with van der Waals surface area (Å²) in [5.74, 6) is 1.39. The Hall–Kier alpha value is -0.610. The fourth-order valence-corrected chi connectivity index (χ4v) is 4.12. The normalized spacial score (nSPS) is 34.5. The third-order valence-corrected chi connectivity index (χ3v) is 5.76. The largest absolute Gasteiger partial charge is 0.338 e. The van der Waals surface area contributed by atoms with Gasteiger partial charge in [-0.2, -0.15) is 0 Å². The molecule has 0 aromatic rings. The molecule has 21 heavy (non-hydrogen) atoms. The molecule has 0 bridgehead atoms. The van der Waals surface area contributed by atoms with Crippen molar-refractivity contribution in [3.63, 3.8) is 0 Å². The minimum absolute atomic E-state index is 0.182. The van der Waals surface area contributed by atoms with Crippen molar-refractivity contribution in [1.29, 1.82) is 0 Å². The third-order valence-electron chi connectivity index (χ3n) is 5.76. The molecular formula is C17H33N3O. The van der Waals surface area contributed by atoms with Gasteiger partial charge in [-0.1, -0.05) is 13.8 Å². The molecule has 0 aromatic heterocycles. The predicted molar refractivity (Wildman–Crippen MR) is 87.0 cm³/mol. The smallest absolute Gasteiger partial charge is 0.239 e. The number of rotatable bonds is 4. The molecule has 4 atom stereocenters. The molecule has 2 N–H and O–H groups in total. The maximum Gasteiger partial charge on any atom is 0.239 e. The van der Waals surface area contributed by atoms with Crippen molar-refractivity contribution in [2.45, 2.75) is 77.5 Å². The first-order valence-electron chi connectivity index (χ1n) is 8.61. The average molecular weight is 295 g/mol. The number of hydrogen-bond acceptors (Lipinski definition) is 3. The van der Waals surface area contributed by atoms with Crippen LogP contribution in [0.2, 0.25) is 0 Å². The van der Waals surface area contributed by atoms with Crippen molar-refractivity contribution < 1.29 is 4.79 Å². The van der Waals surface area contributed by atoms with E-state index in [1.807, 2.05) is 0 Å². The molecule has 1 unspecified atom stereocenters. The van der Waals surface area contributed by atoms with Crippen LogP contribution in [-0.4, -0.2) is 53.5 Å². The first kappa shape index (κ1) is 16.8. The van der Waals surface area contributed by atoms with Crippen molar-refractivity contribution in [2.75, 3.05) is 13.6 Å². The maximum absolute atomic E-state index is 12.3. The molecule has 2 aliphatic rings. The van der Waals surface area contributed by atoms with Gasteiger partial charge in [-0.15, -0.1) is 0 Å². The van der Waals surface area contributed by atoms with Gasteiger partial charge in [-0.05, 0) is 58.4 Å². The summed E-state index contributed by atoms with van der Waals surface area (Å²) in [4.78, 5) is 16.9. The minimum Gasteiger partial charge on any atom is -0.338 e. The van der Waals surface area contributed by atoms with Gasteiger partial charge in [0.05, 0.1) is 6.04 Å². The standard InChI is InChI=1S/C17H33N3O/c1-11(2)14-10-13(19(5)12(3)4)6-7-16(14)20-9-8-15(18)17(20)21/h11-16H,6-10,18H2,1-5H3/t13?,14-,15-,16-/m0/s1. The second-order valence-electron chi connectivity index (χ2n) is 7.63. The van der Waals surface area contributed by atoms with Crippen molar-refractivity contribution in [3.05, 3.63) is 0 Å². The molecule has 122 valence electrons. The fourth-order valence-electron chi connectivity index (χ4n) is 4.12. The molecular weight excluding hydrogens is 262 g/mol. The number of nitrogens with two attached hydrogens (primary N) is 1. The maximum atomic E-state index is 12.3. The Morgan fingerprint density at radius 3 is 2.33 bits per heavy atom. The van der Waals surface area contributed by atoms with Crippen LogP contribution < -0.4 is 5.73 Å². The molecule has 0 spiro atoms. The summed E-state index contributed by atoms with van der Waals surface area (Å²) in [6.45, 7) is 9.99. The van der Waals surface area contributed by atoms with Gasteiger partial charge in [0.1, 0.15) is 0 Å². The lowest BCUT2D eigenvalue weighted by atomic mass is 9.74. The zero-order chi connectivity index (χ0) is 15.7. The third kappa shape index (κ3) is 3.42. The van der Waals surface area contributed by atoms with E-state index in [4.69, 9.17) is 5.73 Å². The van der Waals surface area contributed by atoms with Crippen LogP contribution in [-0.2, 0) is 4.79 Å². The van der Waals surface area contributed by atoms with E-state index in [1.54, 1.807) is 0 Å². The molecule has 1 aliphatic carbocycles. The monoisotopic (exact) mass is 295 g/mol. The van der Waals surface area contributed by atoms with E-state index in [1.165, 1.54) is 12.8 Å². The fraction of sp³-hybridized carbons (Fsp3) is 0.941. The van der Waals surface area contributed by atoms with Gasteiger partial charge in [0.25, 0.3) is 0 Å². The van der Waals surface area contributed by atoms with Gasteiger partial charge in [0.2, 0.25) is 5.91 Å². The highest BCUT2D eigenvalue weighted by Gasteiger charge is 2.42. The van der Waals surface area contributed by atoms with Crippen LogP contribution >= 0.6 is 0 Å². The highest BCUT2D eigenvalue weighted by atomic mass is 16.2. The van der Waals surface area contributed by atoms with Crippen LogP contribution in [0.15, 0.2) is 0 Å². The van der Waals surface area contributed by atoms with Crippen molar-refractivity contribution in [2.24, 2.45) is 17.6 Å². The van der Waals surface area contributed by atoms with Crippen molar-refractivity contribution >= 4 is 5.91 Å². The number of carbonyl (C=O) groups is 1. The van der Waals surface area contributed by atoms with E-state index >= 15 is 0 Å². The number of likely N-dealkylation sites (tertiary alicyclic amines) is 1. The highest BCUT2D eigenvalue weighted by molar-refractivity contribution is 5.84. The Labute approximate surface area is 130 Å². The molecule has 1 saturated heterocycles. The first-order chi connectivity index (χ1) is 9.82. The molecule has 1 amide bonds. The molecule has 0 radical (unpaired) electrons. The van der Waals surface area contributed by atoms with Crippen molar-refractivity contribution in [1.82, 2.24) is 9.80 Å². The zero-order valence-corrected chi connectivity index (χ0v) is 14.4. The Bertz CT molecular complexity index is 369. The average Bonchev–Trinajstić information content (AvgIpc) is 2.77. The van der Waals surface area contributed by atoms with Gasteiger partial charge in [-0.25, -0.2) is 0 Å². The van der Waals surface area contributed by atoms with E-state index < -0.39 is 0 Å². The highest BCUT2D eigenvalue weighted by Crippen LogP contribution is 2.37. The SMILES string of the molecule is CC(C)[C@@H]1CC(N(C)C(C)C)CC[C@@H]1N1CC[C@H](N)C1=O. The minimum atomic E-state index is -0.256. The van der Waals surface area contributed by atoms with E-state index in [-0.39, 0.29) is 11.9 Å². The quantitative estimate of drug-likeness (QED) is 0.864. The lowest BCUT2D eigenvalue weighted by molar-refractivity contribution is -0.133. The van der Waals surface area contributed by atoms with Gasteiger partial charge in [0.15, 0.2) is 0 Å². The van der Waals surface area contributed by atoms with Gasteiger partial charge in [-0.3, -0.25) is 4.79 Å². The Balaban J connectivity index is 2.09. The topological polar surface area (TPSA) is 49.6 Å². The molecule has 2 fully saturated rings. The van der Waals surface area contributed by atoms with Crippen molar-refractivity contribution in [3.8, 4) is 0 Å². The lowest BCUT2D eigenvalue weighted by Crippen LogP contribution is -2.52. The second kappa shape index (κ2) is 6.66. The van der Waals surface area contributed by atoms with E-state index in [0.29, 0.717) is 30.0 Å². The van der Waals surface area contributed by atoms with Crippen LogP contribution in [0.4, 0.5) is 0 Å². The molecule has 1 heterocycles. The lowest BCUT2D eigenvalue weighted by Gasteiger charge is -2.46. The predicted octanol–water partition coefficient (Wildman–Crippen LogP) is 2.08. The number of carbonyl (C=O) groups excluding carboxylic acids is 1. The molecule has 4 nitrogen and oxygen atoms in total. The summed E-state index contributed by atoms with van der Waals surface area (Å²) < 4.78 is 0. The zero-order valence-electron chi connectivity index (χ0n) is 14.4. The summed E-state index contributed by atoms with van der Waals surface area (Å²) in [5.41, 5.74) is 5.91. The molecule has 0 aromatic carbocycles. The van der Waals surface area contributed by atoms with E-state index in [0.717, 1.165) is 19.4 Å². The molecule has 1 aliphatic heterocycles.